The second-order valence-corrected chi connectivity index (χ2v) is 10.3. The minimum absolute atomic E-state index is 0.00819. The molecule has 0 bridgehead atoms. The van der Waals surface area contributed by atoms with Crippen LogP contribution in [0.2, 0.25) is 5.02 Å². The van der Waals surface area contributed by atoms with Crippen LogP contribution >= 0.6 is 22.9 Å². The predicted octanol–water partition coefficient (Wildman–Crippen LogP) is 4.06. The lowest BCUT2D eigenvalue weighted by molar-refractivity contribution is 0.256. The summed E-state index contributed by atoms with van der Waals surface area (Å²) in [5.41, 5.74) is -0.219. The Morgan fingerprint density at radius 2 is 1.94 bits per heavy atom. The van der Waals surface area contributed by atoms with E-state index >= 15 is 0 Å². The Balaban J connectivity index is 1.58. The molecule has 2 amide bonds. The van der Waals surface area contributed by atoms with E-state index in [-0.39, 0.29) is 21.0 Å². The monoisotopic (exact) mass is 492 g/mol. The Bertz CT molecular complexity index is 1530. The van der Waals surface area contributed by atoms with Gasteiger partial charge in [0.1, 0.15) is 16.4 Å². The van der Waals surface area contributed by atoms with Gasteiger partial charge in [-0.25, -0.2) is 27.3 Å². The number of aromatic nitrogens is 2. The van der Waals surface area contributed by atoms with Gasteiger partial charge in [-0.05, 0) is 55.5 Å². The zero-order chi connectivity index (χ0) is 23.0. The quantitative estimate of drug-likeness (QED) is 0.446. The highest BCUT2D eigenvalue weighted by Gasteiger charge is 2.20. The van der Waals surface area contributed by atoms with E-state index in [0.29, 0.717) is 10.5 Å². The van der Waals surface area contributed by atoms with E-state index in [1.807, 2.05) is 4.72 Å². The number of anilines is 1. The molecule has 2 heterocycles. The second-order valence-electron chi connectivity index (χ2n) is 6.67. The van der Waals surface area contributed by atoms with Gasteiger partial charge in [0.2, 0.25) is 0 Å². The van der Waals surface area contributed by atoms with E-state index in [2.05, 4.69) is 10.3 Å². The summed E-state index contributed by atoms with van der Waals surface area (Å²) in [5, 5.41) is 2.82. The van der Waals surface area contributed by atoms with E-state index in [1.54, 1.807) is 25.1 Å². The van der Waals surface area contributed by atoms with Crippen LogP contribution in [0.25, 0.3) is 16.6 Å². The number of nitrogens with one attached hydrogen (secondary N) is 2. The fraction of sp³-hybridized carbons (Fsp3) is 0.0500. The lowest BCUT2D eigenvalue weighted by Gasteiger charge is -2.11. The van der Waals surface area contributed by atoms with Crippen molar-refractivity contribution >= 4 is 55.6 Å². The van der Waals surface area contributed by atoms with Crippen molar-refractivity contribution in [3.8, 4) is 5.69 Å². The molecule has 4 rings (SSSR count). The lowest BCUT2D eigenvalue weighted by atomic mass is 10.2. The van der Waals surface area contributed by atoms with Crippen LogP contribution < -0.4 is 15.6 Å². The van der Waals surface area contributed by atoms with Gasteiger partial charge in [-0.15, -0.1) is 11.3 Å². The Morgan fingerprint density at radius 3 is 2.62 bits per heavy atom. The Hall–Kier alpha value is -3.28. The Morgan fingerprint density at radius 1 is 1.16 bits per heavy atom. The fourth-order valence-corrected chi connectivity index (χ4v) is 5.29. The summed E-state index contributed by atoms with van der Waals surface area (Å²) in [7, 11) is -4.05. The van der Waals surface area contributed by atoms with E-state index in [1.165, 1.54) is 30.6 Å². The maximum Gasteiger partial charge on any atom is 0.333 e. The third kappa shape index (κ3) is 4.35. The van der Waals surface area contributed by atoms with E-state index < -0.39 is 27.4 Å². The molecule has 4 aromatic rings. The standard InChI is InChI=1S/C20H14ClFN4O4S2/c1-11-2-7-18(31-11)32(29,30)25-20(28)24-13-4-6-17(15(22)9-13)26-10-23-16-5-3-12(21)8-14(16)19(26)27/h2-10H,1H3,(H2,24,25,28). The van der Waals surface area contributed by atoms with Crippen molar-refractivity contribution in [2.75, 3.05) is 5.32 Å². The summed E-state index contributed by atoms with van der Waals surface area (Å²) >= 11 is 6.95. The number of aryl methyl sites for hydroxylation is 1. The van der Waals surface area contributed by atoms with Gasteiger partial charge < -0.3 is 5.32 Å². The van der Waals surface area contributed by atoms with Gasteiger partial charge in [-0.3, -0.25) is 9.36 Å². The van der Waals surface area contributed by atoms with Crippen LogP contribution in [0, 0.1) is 12.7 Å². The van der Waals surface area contributed by atoms with Crippen LogP contribution in [-0.2, 0) is 10.0 Å². The molecule has 0 spiro atoms. The number of benzene rings is 2. The topological polar surface area (TPSA) is 110 Å². The summed E-state index contributed by atoms with van der Waals surface area (Å²) in [5.74, 6) is -0.829. The maximum absolute atomic E-state index is 14.7. The van der Waals surface area contributed by atoms with Crippen molar-refractivity contribution in [1.82, 2.24) is 14.3 Å². The highest BCUT2D eigenvalue weighted by atomic mass is 35.5. The van der Waals surface area contributed by atoms with Crippen molar-refractivity contribution in [1.29, 1.82) is 0 Å². The van der Waals surface area contributed by atoms with Gasteiger partial charge in [-0.2, -0.15) is 0 Å². The Labute approximate surface area is 190 Å². The molecule has 0 saturated carbocycles. The molecule has 0 radical (unpaired) electrons. The number of thiophene rings is 1. The fourth-order valence-electron chi connectivity index (χ4n) is 2.93. The molecule has 2 N–H and O–H groups in total. The number of sulfonamides is 1. The molecule has 0 fully saturated rings. The molecule has 0 aliphatic carbocycles. The first-order valence-electron chi connectivity index (χ1n) is 9.01. The molecule has 2 aromatic carbocycles. The normalized spacial score (nSPS) is 11.5. The number of hydrogen-bond acceptors (Lipinski definition) is 6. The molecule has 2 aromatic heterocycles. The molecule has 0 aliphatic heterocycles. The smallest absolute Gasteiger partial charge is 0.307 e. The number of urea groups is 1. The number of nitrogens with zero attached hydrogens (tertiary/aromatic N) is 2. The largest absolute Gasteiger partial charge is 0.333 e. The van der Waals surface area contributed by atoms with Gasteiger partial charge >= 0.3 is 6.03 Å². The number of amides is 2. The highest BCUT2D eigenvalue weighted by Crippen LogP contribution is 2.21. The number of rotatable bonds is 4. The Kier molecular flexibility index (Phi) is 5.71. The number of carbonyl (C=O) groups excluding carboxylic acids is 1. The maximum atomic E-state index is 14.7. The van der Waals surface area contributed by atoms with Crippen LogP contribution in [0.4, 0.5) is 14.9 Å². The number of hydrogen-bond donors (Lipinski definition) is 2. The molecule has 0 unspecified atom stereocenters. The van der Waals surface area contributed by atoms with Gasteiger partial charge in [-0.1, -0.05) is 11.6 Å². The SMILES string of the molecule is Cc1ccc(S(=O)(=O)NC(=O)Nc2ccc(-n3cnc4ccc(Cl)cc4c3=O)c(F)c2)s1. The molecule has 8 nitrogen and oxygen atoms in total. The van der Waals surface area contributed by atoms with Crippen molar-refractivity contribution < 1.29 is 17.6 Å². The molecule has 12 heteroatoms. The molecular formula is C20H14ClFN4O4S2. The van der Waals surface area contributed by atoms with Crippen molar-refractivity contribution in [2.24, 2.45) is 0 Å². The summed E-state index contributed by atoms with van der Waals surface area (Å²) in [4.78, 5) is 29.8. The number of fused-ring (bicyclic) bond motifs is 1. The first-order chi connectivity index (χ1) is 15.1. The average Bonchev–Trinajstić information content (AvgIpc) is 3.16. The van der Waals surface area contributed by atoms with E-state index in [4.69, 9.17) is 11.6 Å². The average molecular weight is 493 g/mol. The lowest BCUT2D eigenvalue weighted by Crippen LogP contribution is -2.34. The van der Waals surface area contributed by atoms with Crippen LogP contribution in [0.1, 0.15) is 4.88 Å². The van der Waals surface area contributed by atoms with Gasteiger partial charge in [0.15, 0.2) is 0 Å². The minimum atomic E-state index is -4.05. The zero-order valence-electron chi connectivity index (χ0n) is 16.3. The van der Waals surface area contributed by atoms with Gasteiger partial charge in [0.05, 0.1) is 16.6 Å². The third-order valence-electron chi connectivity index (χ3n) is 4.39. The first-order valence-corrected chi connectivity index (χ1v) is 11.7. The minimum Gasteiger partial charge on any atom is -0.307 e. The van der Waals surface area contributed by atoms with Crippen LogP contribution in [0.15, 0.2) is 63.9 Å². The predicted molar refractivity (Wildman–Crippen MR) is 121 cm³/mol. The number of halogens is 2. The van der Waals surface area contributed by atoms with Crippen molar-refractivity contribution in [2.45, 2.75) is 11.1 Å². The molecule has 0 saturated heterocycles. The second kappa shape index (κ2) is 8.34. The summed E-state index contributed by atoms with van der Waals surface area (Å²) in [6, 6.07) is 10.1. The van der Waals surface area contributed by atoms with Crippen LogP contribution in [-0.4, -0.2) is 24.0 Å². The van der Waals surface area contributed by atoms with E-state index in [9.17, 15) is 22.4 Å². The summed E-state index contributed by atoms with van der Waals surface area (Å²) in [6.45, 7) is 1.74. The van der Waals surface area contributed by atoms with Gasteiger partial charge in [0.25, 0.3) is 15.6 Å². The molecule has 0 aliphatic rings. The van der Waals surface area contributed by atoms with Crippen molar-refractivity contribution in [3.05, 3.63) is 80.9 Å². The third-order valence-corrected chi connectivity index (χ3v) is 7.45. The number of carbonyl (C=O) groups is 1. The van der Waals surface area contributed by atoms with E-state index in [0.717, 1.165) is 26.8 Å². The highest BCUT2D eigenvalue weighted by molar-refractivity contribution is 7.92. The molecule has 32 heavy (non-hydrogen) atoms. The summed E-state index contributed by atoms with van der Waals surface area (Å²) < 4.78 is 42.1. The first kappa shape index (κ1) is 21.9. The molecule has 0 atom stereocenters. The zero-order valence-corrected chi connectivity index (χ0v) is 18.7. The van der Waals surface area contributed by atoms with Crippen LogP contribution in [0.3, 0.4) is 0 Å². The molecular weight excluding hydrogens is 479 g/mol. The van der Waals surface area contributed by atoms with Gasteiger partial charge in [0, 0.05) is 15.6 Å². The van der Waals surface area contributed by atoms with Crippen LogP contribution in [0.5, 0.6) is 0 Å². The molecule has 164 valence electrons. The van der Waals surface area contributed by atoms with Crippen molar-refractivity contribution in [3.63, 3.8) is 0 Å². The summed E-state index contributed by atoms with van der Waals surface area (Å²) in [6.07, 6.45) is 1.19.